The first-order valence-corrected chi connectivity index (χ1v) is 5.50. The Morgan fingerprint density at radius 3 is 2.80 bits per heavy atom. The Hall–Kier alpha value is -0.930. The summed E-state index contributed by atoms with van der Waals surface area (Å²) in [5.41, 5.74) is 2.10. The molecule has 1 fully saturated rings. The van der Waals surface area contributed by atoms with E-state index in [0.29, 0.717) is 6.04 Å². The van der Waals surface area contributed by atoms with Crippen LogP contribution in [0.5, 0.6) is 0 Å². The Bertz CT molecular complexity index is 345. The van der Waals surface area contributed by atoms with E-state index in [-0.39, 0.29) is 12.1 Å². The van der Waals surface area contributed by atoms with Crippen LogP contribution in [0.2, 0.25) is 0 Å². The van der Waals surface area contributed by atoms with Crippen molar-refractivity contribution < 1.29 is 5.11 Å². The fraction of sp³-hybridized carbons (Fsp3) is 0.583. The van der Waals surface area contributed by atoms with Crippen LogP contribution in [-0.2, 0) is 12.1 Å². The van der Waals surface area contributed by atoms with Gasteiger partial charge in [-0.15, -0.1) is 0 Å². The molecule has 1 aliphatic carbocycles. The van der Waals surface area contributed by atoms with Crippen LogP contribution in [0.4, 0.5) is 0 Å². The molecule has 0 radical (unpaired) electrons. The average molecular weight is 206 g/mol. The predicted octanol–water partition coefficient (Wildman–Crippen LogP) is 1.56. The molecule has 1 aliphatic rings. The minimum Gasteiger partial charge on any atom is -0.392 e. The molecule has 0 saturated heterocycles. The summed E-state index contributed by atoms with van der Waals surface area (Å²) in [5, 5.41) is 12.6. The van der Waals surface area contributed by atoms with Crippen LogP contribution in [-0.4, -0.2) is 16.1 Å². The van der Waals surface area contributed by atoms with Crippen molar-refractivity contribution in [3.63, 3.8) is 0 Å². The summed E-state index contributed by atoms with van der Waals surface area (Å²) >= 11 is 0. The van der Waals surface area contributed by atoms with Crippen LogP contribution in [0.3, 0.4) is 0 Å². The van der Waals surface area contributed by atoms with E-state index < -0.39 is 0 Å². The third-order valence-electron chi connectivity index (χ3n) is 2.81. The van der Waals surface area contributed by atoms with Crippen molar-refractivity contribution in [3.05, 3.63) is 29.6 Å². The van der Waals surface area contributed by atoms with Crippen molar-refractivity contribution in [3.8, 4) is 0 Å². The maximum absolute atomic E-state index is 9.08. The second-order valence-corrected chi connectivity index (χ2v) is 4.59. The average Bonchev–Trinajstić information content (AvgIpc) is 2.98. The lowest BCUT2D eigenvalue weighted by Gasteiger charge is -2.20. The van der Waals surface area contributed by atoms with E-state index in [0.717, 1.165) is 24.1 Å². The SMILES string of the molecule is CC(C)NC1(c2cc(CO)ccn2)CC1. The summed E-state index contributed by atoms with van der Waals surface area (Å²) in [7, 11) is 0. The standard InChI is InChI=1S/C12H18N2O/c1-9(2)14-12(4-5-12)11-7-10(8-15)3-6-13-11/h3,6-7,9,14-15H,4-5,8H2,1-2H3. The van der Waals surface area contributed by atoms with Gasteiger partial charge in [0.2, 0.25) is 0 Å². The normalized spacial score (nSPS) is 18.1. The molecule has 0 unspecified atom stereocenters. The third-order valence-corrected chi connectivity index (χ3v) is 2.81. The van der Waals surface area contributed by atoms with Crippen LogP contribution in [0.15, 0.2) is 18.3 Å². The topological polar surface area (TPSA) is 45.1 Å². The lowest BCUT2D eigenvalue weighted by Crippen LogP contribution is -2.35. The summed E-state index contributed by atoms with van der Waals surface area (Å²) in [6, 6.07) is 4.32. The van der Waals surface area contributed by atoms with E-state index in [9.17, 15) is 0 Å². The van der Waals surface area contributed by atoms with Gasteiger partial charge >= 0.3 is 0 Å². The fourth-order valence-electron chi connectivity index (χ4n) is 1.99. The van der Waals surface area contributed by atoms with Gasteiger partial charge in [0.25, 0.3) is 0 Å². The lowest BCUT2D eigenvalue weighted by atomic mass is 10.1. The van der Waals surface area contributed by atoms with Crippen molar-refractivity contribution in [1.29, 1.82) is 0 Å². The van der Waals surface area contributed by atoms with Crippen molar-refractivity contribution in [2.24, 2.45) is 0 Å². The van der Waals surface area contributed by atoms with Gasteiger partial charge in [0, 0.05) is 12.2 Å². The Balaban J connectivity index is 2.21. The molecular weight excluding hydrogens is 188 g/mol. The molecule has 2 N–H and O–H groups in total. The van der Waals surface area contributed by atoms with E-state index in [4.69, 9.17) is 5.11 Å². The largest absolute Gasteiger partial charge is 0.392 e. The number of aromatic nitrogens is 1. The van der Waals surface area contributed by atoms with Gasteiger partial charge in [-0.3, -0.25) is 4.98 Å². The van der Waals surface area contributed by atoms with Gasteiger partial charge in [-0.2, -0.15) is 0 Å². The van der Waals surface area contributed by atoms with Crippen LogP contribution < -0.4 is 5.32 Å². The Kier molecular flexibility index (Phi) is 2.76. The van der Waals surface area contributed by atoms with Gasteiger partial charge in [-0.05, 0) is 44.4 Å². The van der Waals surface area contributed by atoms with E-state index in [1.165, 1.54) is 0 Å². The Morgan fingerprint density at radius 1 is 1.53 bits per heavy atom. The van der Waals surface area contributed by atoms with Gasteiger partial charge in [0.05, 0.1) is 17.8 Å². The molecule has 0 aliphatic heterocycles. The first-order chi connectivity index (χ1) is 7.16. The molecule has 0 atom stereocenters. The lowest BCUT2D eigenvalue weighted by molar-refractivity contribution is 0.281. The second kappa shape index (κ2) is 3.91. The maximum atomic E-state index is 9.08. The van der Waals surface area contributed by atoms with Crippen molar-refractivity contribution in [1.82, 2.24) is 10.3 Å². The minimum absolute atomic E-state index is 0.0827. The molecule has 1 aromatic rings. The molecule has 0 aromatic carbocycles. The van der Waals surface area contributed by atoms with Crippen molar-refractivity contribution >= 4 is 0 Å². The highest BCUT2D eigenvalue weighted by Gasteiger charge is 2.45. The number of nitrogens with zero attached hydrogens (tertiary/aromatic N) is 1. The van der Waals surface area contributed by atoms with E-state index in [2.05, 4.69) is 24.1 Å². The van der Waals surface area contributed by atoms with Crippen molar-refractivity contribution in [2.45, 2.75) is 44.9 Å². The fourth-order valence-corrected chi connectivity index (χ4v) is 1.99. The van der Waals surface area contributed by atoms with Gasteiger partial charge in [-0.25, -0.2) is 0 Å². The Labute approximate surface area is 90.5 Å². The van der Waals surface area contributed by atoms with Gasteiger partial charge in [0.1, 0.15) is 0 Å². The van der Waals surface area contributed by atoms with E-state index in [1.54, 1.807) is 6.20 Å². The summed E-state index contributed by atoms with van der Waals surface area (Å²) in [4.78, 5) is 4.40. The molecule has 82 valence electrons. The van der Waals surface area contributed by atoms with Crippen LogP contribution >= 0.6 is 0 Å². The number of aliphatic hydroxyl groups excluding tert-OH is 1. The summed E-state index contributed by atoms with van der Waals surface area (Å²) < 4.78 is 0. The second-order valence-electron chi connectivity index (χ2n) is 4.59. The van der Waals surface area contributed by atoms with Gasteiger partial charge < -0.3 is 10.4 Å². The summed E-state index contributed by atoms with van der Waals surface area (Å²) in [5.74, 6) is 0. The third kappa shape index (κ3) is 2.19. The first kappa shape index (κ1) is 10.6. The monoisotopic (exact) mass is 206 g/mol. The van der Waals surface area contributed by atoms with Gasteiger partial charge in [0.15, 0.2) is 0 Å². The minimum atomic E-state index is 0.0827. The van der Waals surface area contributed by atoms with Gasteiger partial charge in [-0.1, -0.05) is 0 Å². The summed E-state index contributed by atoms with van der Waals surface area (Å²) in [6.07, 6.45) is 4.07. The number of hydrogen-bond donors (Lipinski definition) is 2. The molecule has 3 heteroatoms. The molecule has 15 heavy (non-hydrogen) atoms. The molecule has 1 aromatic heterocycles. The molecule has 0 bridgehead atoms. The smallest absolute Gasteiger partial charge is 0.0683 e. The van der Waals surface area contributed by atoms with Crippen molar-refractivity contribution in [2.75, 3.05) is 0 Å². The zero-order chi connectivity index (χ0) is 10.9. The highest BCUT2D eigenvalue weighted by atomic mass is 16.3. The highest BCUT2D eigenvalue weighted by Crippen LogP contribution is 2.45. The number of nitrogens with one attached hydrogen (secondary N) is 1. The zero-order valence-corrected chi connectivity index (χ0v) is 9.33. The maximum Gasteiger partial charge on any atom is 0.0683 e. The van der Waals surface area contributed by atoms with Crippen LogP contribution in [0, 0.1) is 0 Å². The molecule has 0 amide bonds. The molecule has 3 nitrogen and oxygen atoms in total. The Morgan fingerprint density at radius 2 is 2.27 bits per heavy atom. The van der Waals surface area contributed by atoms with Crippen LogP contribution in [0.25, 0.3) is 0 Å². The van der Waals surface area contributed by atoms with Crippen LogP contribution in [0.1, 0.15) is 37.9 Å². The first-order valence-electron chi connectivity index (χ1n) is 5.50. The zero-order valence-electron chi connectivity index (χ0n) is 9.33. The number of pyridine rings is 1. The van der Waals surface area contributed by atoms with E-state index >= 15 is 0 Å². The van der Waals surface area contributed by atoms with E-state index in [1.807, 2.05) is 12.1 Å². The molecule has 0 spiro atoms. The predicted molar refractivity (Wildman–Crippen MR) is 59.3 cm³/mol. The molecular formula is C12H18N2O. The number of hydrogen-bond acceptors (Lipinski definition) is 3. The summed E-state index contributed by atoms with van der Waals surface area (Å²) in [6.45, 7) is 4.39. The quantitative estimate of drug-likeness (QED) is 0.786. The number of aliphatic hydroxyl groups is 1. The molecule has 1 heterocycles. The number of rotatable bonds is 4. The molecule has 1 saturated carbocycles. The highest BCUT2D eigenvalue weighted by molar-refractivity contribution is 5.27. The molecule has 2 rings (SSSR count).